The fourth-order valence-corrected chi connectivity index (χ4v) is 4.50. The van der Waals surface area contributed by atoms with Crippen molar-refractivity contribution in [1.82, 2.24) is 24.8 Å². The van der Waals surface area contributed by atoms with Crippen LogP contribution < -0.4 is 0 Å². The molecule has 0 bridgehead atoms. The number of rotatable bonds is 4. The van der Waals surface area contributed by atoms with Gasteiger partial charge in [-0.25, -0.2) is 9.97 Å². The van der Waals surface area contributed by atoms with Crippen molar-refractivity contribution in [1.29, 1.82) is 0 Å². The van der Waals surface area contributed by atoms with E-state index in [0.29, 0.717) is 37.4 Å². The van der Waals surface area contributed by atoms with Crippen LogP contribution in [0.5, 0.6) is 0 Å². The Hall–Kier alpha value is -2.83. The van der Waals surface area contributed by atoms with E-state index in [4.69, 9.17) is 0 Å². The number of aryl methyl sites for hydroxylation is 1. The quantitative estimate of drug-likeness (QED) is 0.796. The number of carbonyl (C=O) groups excluding carboxylic acids is 2. The summed E-state index contributed by atoms with van der Waals surface area (Å²) in [5, 5.41) is 0. The van der Waals surface area contributed by atoms with Crippen LogP contribution in [0.1, 0.15) is 47.6 Å². The molecule has 0 aliphatic carbocycles. The molecular weight excluding hydrogens is 366 g/mol. The molecule has 1 spiro atoms. The second-order valence-electron chi connectivity index (χ2n) is 8.24. The van der Waals surface area contributed by atoms with E-state index in [1.54, 1.807) is 18.6 Å². The number of carbonyl (C=O) groups is 2. The lowest BCUT2D eigenvalue weighted by Crippen LogP contribution is -2.55. The van der Waals surface area contributed by atoms with Crippen molar-refractivity contribution in [2.24, 2.45) is 5.41 Å². The van der Waals surface area contributed by atoms with E-state index in [0.717, 1.165) is 37.9 Å². The molecule has 4 rings (SSSR count). The number of aromatic nitrogens is 3. The minimum atomic E-state index is -0.0164. The van der Waals surface area contributed by atoms with Gasteiger partial charge in [-0.15, -0.1) is 0 Å². The Morgan fingerprint density at radius 2 is 1.97 bits per heavy atom. The number of pyridine rings is 1. The molecule has 4 heterocycles. The predicted octanol–water partition coefficient (Wildman–Crippen LogP) is 2.27. The Labute approximate surface area is 171 Å². The van der Waals surface area contributed by atoms with Crippen LogP contribution in [0.4, 0.5) is 0 Å². The first kappa shape index (κ1) is 19.5. The third kappa shape index (κ3) is 4.44. The van der Waals surface area contributed by atoms with E-state index < -0.39 is 0 Å². The lowest BCUT2D eigenvalue weighted by Gasteiger charge is -2.48. The number of amides is 2. The highest BCUT2D eigenvalue weighted by Gasteiger charge is 2.42. The Bertz CT molecular complexity index is 871. The number of nitrogens with zero attached hydrogens (tertiary/aromatic N) is 5. The zero-order valence-electron chi connectivity index (χ0n) is 16.9. The van der Waals surface area contributed by atoms with Gasteiger partial charge in [0.1, 0.15) is 5.82 Å². The first-order chi connectivity index (χ1) is 14.0. The summed E-state index contributed by atoms with van der Waals surface area (Å²) in [4.78, 5) is 42.0. The van der Waals surface area contributed by atoms with E-state index in [1.807, 2.05) is 34.9 Å². The van der Waals surface area contributed by atoms with Crippen molar-refractivity contribution in [3.8, 4) is 0 Å². The van der Waals surface area contributed by atoms with Crippen LogP contribution in [-0.4, -0.2) is 62.7 Å². The van der Waals surface area contributed by atoms with Gasteiger partial charge < -0.3 is 9.80 Å². The zero-order chi connectivity index (χ0) is 20.3. The van der Waals surface area contributed by atoms with Gasteiger partial charge in [0, 0.05) is 68.7 Å². The molecule has 0 N–H and O–H groups in total. The maximum absolute atomic E-state index is 13.0. The predicted molar refractivity (Wildman–Crippen MR) is 108 cm³/mol. The molecule has 0 aromatic carbocycles. The molecule has 0 saturated carbocycles. The van der Waals surface area contributed by atoms with Crippen LogP contribution in [0.3, 0.4) is 0 Å². The van der Waals surface area contributed by atoms with Crippen LogP contribution in [0, 0.1) is 12.3 Å². The number of piperidine rings is 2. The van der Waals surface area contributed by atoms with Crippen LogP contribution >= 0.6 is 0 Å². The Balaban J connectivity index is 1.43. The summed E-state index contributed by atoms with van der Waals surface area (Å²) in [6.07, 6.45) is 9.17. The van der Waals surface area contributed by atoms with Crippen LogP contribution in [0.15, 0.2) is 36.8 Å². The topological polar surface area (TPSA) is 79.3 Å². The molecule has 2 aliphatic rings. The van der Waals surface area contributed by atoms with Crippen molar-refractivity contribution in [3.63, 3.8) is 0 Å². The van der Waals surface area contributed by atoms with Crippen molar-refractivity contribution in [2.45, 2.75) is 39.0 Å². The summed E-state index contributed by atoms with van der Waals surface area (Å²) < 4.78 is 0. The third-order valence-corrected chi connectivity index (χ3v) is 6.09. The fourth-order valence-electron chi connectivity index (χ4n) is 4.50. The average molecular weight is 393 g/mol. The highest BCUT2D eigenvalue weighted by molar-refractivity contribution is 5.93. The highest BCUT2D eigenvalue weighted by Crippen LogP contribution is 2.39. The number of hydrogen-bond acceptors (Lipinski definition) is 5. The standard InChI is InChI=1S/C22H27N5O2/c1-17-24-13-18(14-25-17)21(29)27-11-4-8-22(16-27)9-6-20(28)26(15-22)12-7-19-5-2-3-10-23-19/h2-3,5,10,13-14H,4,6-9,11-12,15-16H2,1H3/t22-/m0/s1. The average Bonchev–Trinajstić information content (AvgIpc) is 2.75. The normalized spacial score (nSPS) is 22.2. The third-order valence-electron chi connectivity index (χ3n) is 6.09. The van der Waals surface area contributed by atoms with Crippen molar-refractivity contribution < 1.29 is 9.59 Å². The summed E-state index contributed by atoms with van der Waals surface area (Å²) in [5.74, 6) is 0.856. The summed E-state index contributed by atoms with van der Waals surface area (Å²) in [6.45, 7) is 4.64. The minimum absolute atomic E-state index is 0.0130. The molecule has 152 valence electrons. The lowest BCUT2D eigenvalue weighted by atomic mass is 9.73. The van der Waals surface area contributed by atoms with Gasteiger partial charge in [-0.3, -0.25) is 14.6 Å². The first-order valence-electron chi connectivity index (χ1n) is 10.3. The Morgan fingerprint density at radius 1 is 1.14 bits per heavy atom. The van der Waals surface area contributed by atoms with Gasteiger partial charge in [-0.1, -0.05) is 6.07 Å². The molecular formula is C22H27N5O2. The Morgan fingerprint density at radius 3 is 2.72 bits per heavy atom. The van der Waals surface area contributed by atoms with Gasteiger partial charge >= 0.3 is 0 Å². The number of hydrogen-bond donors (Lipinski definition) is 0. The SMILES string of the molecule is Cc1ncc(C(=O)N2CCC[C@@]3(CCC(=O)N(CCc4ccccn4)C3)C2)cn1. The summed E-state index contributed by atoms with van der Waals surface area (Å²) in [7, 11) is 0. The molecule has 2 saturated heterocycles. The molecule has 2 aliphatic heterocycles. The maximum atomic E-state index is 13.0. The molecule has 2 aromatic heterocycles. The molecule has 0 radical (unpaired) electrons. The second-order valence-corrected chi connectivity index (χ2v) is 8.24. The largest absolute Gasteiger partial charge is 0.342 e. The molecule has 29 heavy (non-hydrogen) atoms. The van der Waals surface area contributed by atoms with E-state index in [1.165, 1.54) is 0 Å². The second kappa shape index (κ2) is 8.27. The summed E-state index contributed by atoms with van der Waals surface area (Å²) in [5.41, 5.74) is 1.52. The molecule has 0 unspecified atom stereocenters. The zero-order valence-corrected chi connectivity index (χ0v) is 16.9. The van der Waals surface area contributed by atoms with Gasteiger partial charge in [-0.05, 0) is 38.3 Å². The van der Waals surface area contributed by atoms with Gasteiger partial charge in [0.05, 0.1) is 5.56 Å². The lowest BCUT2D eigenvalue weighted by molar-refractivity contribution is -0.138. The summed E-state index contributed by atoms with van der Waals surface area (Å²) >= 11 is 0. The molecule has 2 amide bonds. The van der Waals surface area contributed by atoms with Gasteiger partial charge in [0.2, 0.25) is 5.91 Å². The fraction of sp³-hybridized carbons (Fsp3) is 0.500. The van der Waals surface area contributed by atoms with Gasteiger partial charge in [0.25, 0.3) is 5.91 Å². The molecule has 1 atom stereocenters. The van der Waals surface area contributed by atoms with E-state index >= 15 is 0 Å². The van der Waals surface area contributed by atoms with Crippen molar-refractivity contribution >= 4 is 11.8 Å². The molecule has 2 fully saturated rings. The van der Waals surface area contributed by atoms with Crippen LogP contribution in [0.25, 0.3) is 0 Å². The smallest absolute Gasteiger partial charge is 0.257 e. The monoisotopic (exact) mass is 393 g/mol. The minimum Gasteiger partial charge on any atom is -0.342 e. The molecule has 7 heteroatoms. The molecule has 7 nitrogen and oxygen atoms in total. The Kier molecular flexibility index (Phi) is 5.56. The first-order valence-corrected chi connectivity index (χ1v) is 10.3. The molecule has 2 aromatic rings. The van der Waals surface area contributed by atoms with Crippen molar-refractivity contribution in [2.75, 3.05) is 26.2 Å². The van der Waals surface area contributed by atoms with Crippen molar-refractivity contribution in [3.05, 3.63) is 53.9 Å². The maximum Gasteiger partial charge on any atom is 0.257 e. The van der Waals surface area contributed by atoms with Crippen LogP contribution in [-0.2, 0) is 11.2 Å². The van der Waals surface area contributed by atoms with E-state index in [-0.39, 0.29) is 17.2 Å². The number of likely N-dealkylation sites (tertiary alicyclic amines) is 2. The van der Waals surface area contributed by atoms with E-state index in [9.17, 15) is 9.59 Å². The van der Waals surface area contributed by atoms with Crippen LogP contribution in [0.2, 0.25) is 0 Å². The van der Waals surface area contributed by atoms with Gasteiger partial charge in [-0.2, -0.15) is 0 Å². The summed E-state index contributed by atoms with van der Waals surface area (Å²) in [6, 6.07) is 5.87. The van der Waals surface area contributed by atoms with E-state index in [2.05, 4.69) is 15.0 Å². The highest BCUT2D eigenvalue weighted by atomic mass is 16.2. The van der Waals surface area contributed by atoms with Gasteiger partial charge in [0.15, 0.2) is 0 Å².